The molecule has 0 aliphatic carbocycles. The Morgan fingerprint density at radius 1 is 1.07 bits per heavy atom. The van der Waals surface area contributed by atoms with Gasteiger partial charge in [-0.05, 0) is 42.5 Å². The minimum Gasteiger partial charge on any atom is -0.497 e. The van der Waals surface area contributed by atoms with Crippen LogP contribution in [0.5, 0.6) is 17.2 Å². The van der Waals surface area contributed by atoms with E-state index in [-0.39, 0.29) is 17.3 Å². The monoisotopic (exact) mass is 604 g/mol. The Hall–Kier alpha value is -4.58. The van der Waals surface area contributed by atoms with Gasteiger partial charge >= 0.3 is 0 Å². The number of carbonyl (C=O) groups is 1. The van der Waals surface area contributed by atoms with Crippen molar-refractivity contribution in [2.45, 2.75) is 12.5 Å². The van der Waals surface area contributed by atoms with Crippen molar-refractivity contribution in [2.75, 3.05) is 26.1 Å². The quantitative estimate of drug-likeness (QED) is 0.273. The van der Waals surface area contributed by atoms with Gasteiger partial charge in [0.15, 0.2) is 5.69 Å². The second-order valence-corrected chi connectivity index (χ2v) is 9.98. The Balaban J connectivity index is 1.26. The van der Waals surface area contributed by atoms with Crippen molar-refractivity contribution in [3.05, 3.63) is 82.3 Å². The predicted octanol–water partition coefficient (Wildman–Crippen LogP) is 5.43. The van der Waals surface area contributed by atoms with Crippen LogP contribution in [0, 0.1) is 5.82 Å². The number of ether oxygens (including phenoxy) is 3. The predicted molar refractivity (Wildman–Crippen MR) is 148 cm³/mol. The summed E-state index contributed by atoms with van der Waals surface area (Å²) in [5.41, 5.74) is 2.44. The minimum atomic E-state index is -0.516. The van der Waals surface area contributed by atoms with Gasteiger partial charge in [-0.1, -0.05) is 21.1 Å². The molecule has 12 heteroatoms. The summed E-state index contributed by atoms with van der Waals surface area (Å²) in [5.74, 6) is 0.814. The van der Waals surface area contributed by atoms with Crippen molar-refractivity contribution in [1.29, 1.82) is 0 Å². The normalized spacial score (nSPS) is 14.3. The van der Waals surface area contributed by atoms with Gasteiger partial charge in [-0.15, -0.1) is 15.3 Å². The molecule has 0 unspecified atom stereocenters. The highest BCUT2D eigenvalue weighted by Crippen LogP contribution is 2.37. The van der Waals surface area contributed by atoms with E-state index in [1.54, 1.807) is 29.1 Å². The number of nitrogens with zero attached hydrogens (tertiary/aromatic N) is 5. The summed E-state index contributed by atoms with van der Waals surface area (Å²) in [6, 6.07) is 14.9. The number of amides is 1. The molecule has 1 aliphatic rings. The van der Waals surface area contributed by atoms with Crippen LogP contribution in [0.25, 0.3) is 22.2 Å². The van der Waals surface area contributed by atoms with E-state index >= 15 is 0 Å². The molecule has 202 valence electrons. The largest absolute Gasteiger partial charge is 0.497 e. The summed E-state index contributed by atoms with van der Waals surface area (Å²) in [6.07, 6.45) is 2.38. The molecule has 1 amide bonds. The summed E-state index contributed by atoms with van der Waals surface area (Å²) >= 11 is 3.51. The number of benzene rings is 3. The van der Waals surface area contributed by atoms with Crippen LogP contribution in [0.4, 0.5) is 10.1 Å². The minimum absolute atomic E-state index is 0.0668. The maximum atomic E-state index is 14.9. The molecule has 10 nitrogen and oxygen atoms in total. The number of fused-ring (bicyclic) bond motifs is 2. The maximum Gasteiger partial charge on any atom is 0.276 e. The summed E-state index contributed by atoms with van der Waals surface area (Å²) in [6.45, 7) is 0.529. The van der Waals surface area contributed by atoms with Crippen LogP contribution >= 0.6 is 15.9 Å². The molecule has 1 N–H and O–H groups in total. The third-order valence-electron chi connectivity index (χ3n) is 6.64. The number of halogens is 2. The van der Waals surface area contributed by atoms with Crippen LogP contribution in [-0.2, 0) is 0 Å². The molecule has 0 saturated carbocycles. The molecule has 6 rings (SSSR count). The number of aromatic nitrogens is 5. The highest BCUT2D eigenvalue weighted by molar-refractivity contribution is 9.10. The molecule has 1 atom stereocenters. The van der Waals surface area contributed by atoms with Crippen molar-refractivity contribution in [2.24, 2.45) is 0 Å². The van der Waals surface area contributed by atoms with E-state index in [2.05, 4.69) is 41.8 Å². The summed E-state index contributed by atoms with van der Waals surface area (Å²) < 4.78 is 34.0. The molecule has 0 bridgehead atoms. The Morgan fingerprint density at radius 3 is 2.77 bits per heavy atom. The first kappa shape index (κ1) is 25.7. The molecule has 0 saturated heterocycles. The van der Waals surface area contributed by atoms with Gasteiger partial charge < -0.3 is 19.5 Å². The molecule has 0 spiro atoms. The number of hydrogen-bond donors (Lipinski definition) is 1. The standard InChI is InChI=1S/C28H22BrFN6O4/c1-38-17-11-22-19(27(12-17)39-2)13-23(33-32-22)28(37)31-16-4-5-21(30)18(10-16)24-14-36(35-34-24)25-7-8-40-26-6-3-15(29)9-20(25)26/h3-6,9-14,25H,7-8H2,1-2H3,(H,31,37)/t25-/m1/s1. The van der Waals surface area contributed by atoms with E-state index in [9.17, 15) is 9.18 Å². The fourth-order valence-electron chi connectivity index (χ4n) is 4.66. The number of rotatable bonds is 6. The maximum absolute atomic E-state index is 14.9. The van der Waals surface area contributed by atoms with Crippen molar-refractivity contribution in [1.82, 2.24) is 25.2 Å². The second-order valence-electron chi connectivity index (χ2n) is 9.06. The molecule has 2 aromatic heterocycles. The first-order valence-electron chi connectivity index (χ1n) is 12.3. The molecule has 5 aromatic rings. The first-order chi connectivity index (χ1) is 19.4. The van der Waals surface area contributed by atoms with E-state index in [4.69, 9.17) is 14.2 Å². The van der Waals surface area contributed by atoms with Crippen LogP contribution in [0.3, 0.4) is 0 Å². The van der Waals surface area contributed by atoms with Crippen LogP contribution in [-0.4, -0.2) is 51.9 Å². The van der Waals surface area contributed by atoms with E-state index in [1.807, 2.05) is 18.2 Å². The number of anilines is 1. The first-order valence-corrected chi connectivity index (χ1v) is 13.1. The van der Waals surface area contributed by atoms with Crippen molar-refractivity contribution >= 4 is 38.4 Å². The smallest absolute Gasteiger partial charge is 0.276 e. The Labute approximate surface area is 236 Å². The van der Waals surface area contributed by atoms with E-state index in [0.717, 1.165) is 15.8 Å². The molecule has 40 heavy (non-hydrogen) atoms. The van der Waals surface area contributed by atoms with Gasteiger partial charge in [0.05, 0.1) is 33.1 Å². The van der Waals surface area contributed by atoms with E-state index in [1.165, 1.54) is 32.4 Å². The van der Waals surface area contributed by atoms with Gasteiger partial charge in [0, 0.05) is 45.2 Å². The Morgan fingerprint density at radius 2 is 1.95 bits per heavy atom. The summed E-state index contributed by atoms with van der Waals surface area (Å²) in [7, 11) is 3.06. The number of methoxy groups -OCH3 is 2. The average Bonchev–Trinajstić information content (AvgIpc) is 3.46. The topological polar surface area (TPSA) is 113 Å². The summed E-state index contributed by atoms with van der Waals surface area (Å²) in [4.78, 5) is 13.0. The zero-order valence-electron chi connectivity index (χ0n) is 21.4. The molecule has 3 heterocycles. The van der Waals surface area contributed by atoms with Gasteiger partial charge in [0.2, 0.25) is 0 Å². The highest BCUT2D eigenvalue weighted by atomic mass is 79.9. The van der Waals surface area contributed by atoms with E-state index < -0.39 is 11.7 Å². The third-order valence-corrected chi connectivity index (χ3v) is 7.13. The molecule has 3 aromatic carbocycles. The lowest BCUT2D eigenvalue weighted by atomic mass is 10.0. The number of hydrogen-bond acceptors (Lipinski definition) is 8. The second kappa shape index (κ2) is 10.5. The zero-order chi connectivity index (χ0) is 27.8. The molecular formula is C28H22BrFN6O4. The highest BCUT2D eigenvalue weighted by Gasteiger charge is 2.25. The lowest BCUT2D eigenvalue weighted by Crippen LogP contribution is -2.20. The Bertz CT molecular complexity index is 1760. The zero-order valence-corrected chi connectivity index (χ0v) is 23.0. The average molecular weight is 605 g/mol. The van der Waals surface area contributed by atoms with Gasteiger partial charge in [-0.3, -0.25) is 4.79 Å². The van der Waals surface area contributed by atoms with Gasteiger partial charge in [0.25, 0.3) is 5.91 Å². The van der Waals surface area contributed by atoms with Crippen LogP contribution < -0.4 is 19.5 Å². The molecule has 0 radical (unpaired) electrons. The lowest BCUT2D eigenvalue weighted by Gasteiger charge is -2.25. The van der Waals surface area contributed by atoms with Gasteiger partial charge in [0.1, 0.15) is 34.3 Å². The molecular weight excluding hydrogens is 583 g/mol. The lowest BCUT2D eigenvalue weighted by molar-refractivity contribution is 0.102. The summed E-state index contributed by atoms with van der Waals surface area (Å²) in [5, 5.41) is 20.1. The Kier molecular flexibility index (Phi) is 6.76. The number of carbonyl (C=O) groups excluding carboxylic acids is 1. The fourth-order valence-corrected chi connectivity index (χ4v) is 5.03. The SMILES string of the molecule is COc1cc(OC)c2cc(C(=O)Nc3ccc(F)c(-c4cn([C@@H]5CCOc6ccc(Br)cc65)nn4)c3)nnc2c1. The third kappa shape index (κ3) is 4.81. The van der Waals surface area contributed by atoms with Crippen LogP contribution in [0.1, 0.15) is 28.5 Å². The molecule has 1 aliphatic heterocycles. The van der Waals surface area contributed by atoms with Gasteiger partial charge in [-0.2, -0.15) is 0 Å². The van der Waals surface area contributed by atoms with Crippen LogP contribution in [0.2, 0.25) is 0 Å². The van der Waals surface area contributed by atoms with Crippen molar-refractivity contribution in [3.63, 3.8) is 0 Å². The van der Waals surface area contributed by atoms with Gasteiger partial charge in [-0.25, -0.2) is 9.07 Å². The molecule has 0 fully saturated rings. The number of nitrogens with one attached hydrogen (secondary N) is 1. The van der Waals surface area contributed by atoms with Crippen molar-refractivity contribution in [3.8, 4) is 28.5 Å². The van der Waals surface area contributed by atoms with Crippen molar-refractivity contribution < 1.29 is 23.4 Å². The fraction of sp³-hybridized carbons (Fsp3) is 0.179. The van der Waals surface area contributed by atoms with E-state index in [0.29, 0.717) is 46.8 Å². The van der Waals surface area contributed by atoms with Crippen LogP contribution in [0.15, 0.2) is 65.3 Å².